The van der Waals surface area contributed by atoms with Gasteiger partial charge in [-0.15, -0.1) is 0 Å². The van der Waals surface area contributed by atoms with E-state index in [0.29, 0.717) is 12.2 Å². The molecule has 6 nitrogen and oxygen atoms in total. The Hall–Kier alpha value is -1.79. The van der Waals surface area contributed by atoms with Crippen LogP contribution < -0.4 is 16.8 Å². The molecule has 1 aromatic carbocycles. The van der Waals surface area contributed by atoms with Gasteiger partial charge in [-0.1, -0.05) is 0 Å². The summed E-state index contributed by atoms with van der Waals surface area (Å²) in [5, 5.41) is 2.87. The number of hydrogen-bond donors (Lipinski definition) is 3. The highest BCUT2D eigenvalue weighted by molar-refractivity contribution is 5.89. The molecular weight excluding hydrogens is 242 g/mol. The summed E-state index contributed by atoms with van der Waals surface area (Å²) in [4.78, 5) is 16.2. The summed E-state index contributed by atoms with van der Waals surface area (Å²) in [6, 6.07) is 7.09. The van der Waals surface area contributed by atoms with Gasteiger partial charge in [0.1, 0.15) is 0 Å². The monoisotopic (exact) mass is 263 g/mol. The molecular formula is C13H21N5O. The molecule has 0 saturated carbocycles. The van der Waals surface area contributed by atoms with E-state index < -0.39 is 0 Å². The first-order chi connectivity index (χ1) is 9.19. The minimum atomic E-state index is -0.0582. The van der Waals surface area contributed by atoms with Crippen molar-refractivity contribution in [2.75, 3.05) is 50.3 Å². The lowest BCUT2D eigenvalue weighted by molar-refractivity contribution is 0.149. The number of amides is 2. The Morgan fingerprint density at radius 3 is 2.37 bits per heavy atom. The van der Waals surface area contributed by atoms with Crippen LogP contribution in [0, 0.1) is 0 Å². The third kappa shape index (κ3) is 3.84. The predicted molar refractivity (Wildman–Crippen MR) is 76.9 cm³/mol. The van der Waals surface area contributed by atoms with Gasteiger partial charge in [0.15, 0.2) is 0 Å². The van der Waals surface area contributed by atoms with Gasteiger partial charge in [-0.2, -0.15) is 0 Å². The number of nitrogen functional groups attached to an aromatic ring is 1. The van der Waals surface area contributed by atoms with Gasteiger partial charge in [0.25, 0.3) is 0 Å². The number of rotatable bonds is 3. The van der Waals surface area contributed by atoms with Crippen LogP contribution in [0.1, 0.15) is 0 Å². The average molecular weight is 263 g/mol. The molecule has 1 aromatic rings. The maximum absolute atomic E-state index is 12.1. The normalized spacial score (nSPS) is 16.4. The number of urea groups is 1. The van der Waals surface area contributed by atoms with Crippen LogP contribution in [0.25, 0.3) is 0 Å². The lowest BCUT2D eigenvalue weighted by atomic mass is 10.3. The Bertz CT molecular complexity index is 412. The highest BCUT2D eigenvalue weighted by Gasteiger charge is 2.20. The summed E-state index contributed by atoms with van der Waals surface area (Å²) in [7, 11) is 0. The summed E-state index contributed by atoms with van der Waals surface area (Å²) >= 11 is 0. The second-order valence-electron chi connectivity index (χ2n) is 4.67. The molecule has 104 valence electrons. The average Bonchev–Trinajstić information content (AvgIpc) is 2.42. The molecule has 0 aliphatic carbocycles. The zero-order chi connectivity index (χ0) is 13.7. The molecule has 1 saturated heterocycles. The molecule has 1 heterocycles. The Labute approximate surface area is 113 Å². The Balaban J connectivity index is 1.83. The van der Waals surface area contributed by atoms with Crippen molar-refractivity contribution in [2.45, 2.75) is 0 Å². The largest absolute Gasteiger partial charge is 0.399 e. The molecule has 0 spiro atoms. The van der Waals surface area contributed by atoms with Gasteiger partial charge < -0.3 is 21.7 Å². The van der Waals surface area contributed by atoms with Crippen molar-refractivity contribution in [3.63, 3.8) is 0 Å². The van der Waals surface area contributed by atoms with Crippen LogP contribution in [0.3, 0.4) is 0 Å². The van der Waals surface area contributed by atoms with E-state index in [0.717, 1.165) is 38.4 Å². The molecule has 2 amide bonds. The molecule has 0 aromatic heterocycles. The van der Waals surface area contributed by atoms with E-state index in [-0.39, 0.29) is 6.03 Å². The van der Waals surface area contributed by atoms with Crippen LogP contribution in [0.5, 0.6) is 0 Å². The molecule has 0 unspecified atom stereocenters. The van der Waals surface area contributed by atoms with Crippen LogP contribution in [-0.2, 0) is 0 Å². The molecule has 1 aliphatic heterocycles. The van der Waals surface area contributed by atoms with E-state index in [1.54, 1.807) is 24.3 Å². The molecule has 19 heavy (non-hydrogen) atoms. The fourth-order valence-corrected chi connectivity index (χ4v) is 2.13. The van der Waals surface area contributed by atoms with Crippen molar-refractivity contribution in [1.82, 2.24) is 9.80 Å². The first-order valence-corrected chi connectivity index (χ1v) is 6.53. The summed E-state index contributed by atoms with van der Waals surface area (Å²) in [5.74, 6) is 0. The van der Waals surface area contributed by atoms with Crippen molar-refractivity contribution < 1.29 is 4.79 Å². The number of nitrogens with two attached hydrogens (primary N) is 2. The van der Waals surface area contributed by atoms with E-state index in [2.05, 4.69) is 10.2 Å². The topological polar surface area (TPSA) is 87.6 Å². The smallest absolute Gasteiger partial charge is 0.321 e. The molecule has 1 fully saturated rings. The van der Waals surface area contributed by atoms with Crippen molar-refractivity contribution in [2.24, 2.45) is 5.73 Å². The molecule has 0 atom stereocenters. The number of benzene rings is 1. The predicted octanol–water partition coefficient (Wildman–Crippen LogP) is 0.377. The number of nitrogens with zero attached hydrogens (tertiary/aromatic N) is 2. The number of piperazine rings is 1. The summed E-state index contributed by atoms with van der Waals surface area (Å²) < 4.78 is 0. The summed E-state index contributed by atoms with van der Waals surface area (Å²) in [6.45, 7) is 4.80. The fourth-order valence-electron chi connectivity index (χ4n) is 2.13. The third-order valence-corrected chi connectivity index (χ3v) is 3.27. The van der Waals surface area contributed by atoms with Crippen molar-refractivity contribution in [1.29, 1.82) is 0 Å². The van der Waals surface area contributed by atoms with Gasteiger partial charge in [-0.3, -0.25) is 4.90 Å². The molecule has 5 N–H and O–H groups in total. The molecule has 2 rings (SSSR count). The van der Waals surface area contributed by atoms with Crippen LogP contribution in [0.2, 0.25) is 0 Å². The van der Waals surface area contributed by atoms with Gasteiger partial charge in [-0.05, 0) is 24.3 Å². The fraction of sp³-hybridized carbons (Fsp3) is 0.462. The molecule has 0 bridgehead atoms. The lowest BCUT2D eigenvalue weighted by Crippen LogP contribution is -2.50. The molecule has 6 heteroatoms. The number of nitrogens with one attached hydrogen (secondary N) is 1. The van der Waals surface area contributed by atoms with Gasteiger partial charge in [0, 0.05) is 50.6 Å². The summed E-state index contributed by atoms with van der Waals surface area (Å²) in [6.07, 6.45) is 0. The van der Waals surface area contributed by atoms with E-state index in [1.807, 2.05) is 4.90 Å². The Kier molecular flexibility index (Phi) is 4.59. The highest BCUT2D eigenvalue weighted by atomic mass is 16.2. The Morgan fingerprint density at radius 2 is 1.79 bits per heavy atom. The van der Waals surface area contributed by atoms with Crippen molar-refractivity contribution in [3.8, 4) is 0 Å². The van der Waals surface area contributed by atoms with Gasteiger partial charge >= 0.3 is 6.03 Å². The van der Waals surface area contributed by atoms with Crippen molar-refractivity contribution in [3.05, 3.63) is 24.3 Å². The first kappa shape index (κ1) is 13.6. The van der Waals surface area contributed by atoms with E-state index >= 15 is 0 Å². The first-order valence-electron chi connectivity index (χ1n) is 6.53. The van der Waals surface area contributed by atoms with E-state index in [1.165, 1.54) is 0 Å². The zero-order valence-corrected chi connectivity index (χ0v) is 11.0. The second kappa shape index (κ2) is 6.40. The van der Waals surface area contributed by atoms with Crippen LogP contribution in [-0.4, -0.2) is 55.1 Å². The minimum Gasteiger partial charge on any atom is -0.399 e. The quantitative estimate of drug-likeness (QED) is 0.688. The second-order valence-corrected chi connectivity index (χ2v) is 4.67. The maximum atomic E-state index is 12.1. The number of carbonyl (C=O) groups is 1. The van der Waals surface area contributed by atoms with Gasteiger partial charge in [0.05, 0.1) is 0 Å². The zero-order valence-electron chi connectivity index (χ0n) is 11.0. The van der Waals surface area contributed by atoms with Gasteiger partial charge in [-0.25, -0.2) is 4.79 Å². The highest BCUT2D eigenvalue weighted by Crippen LogP contribution is 2.12. The van der Waals surface area contributed by atoms with Crippen LogP contribution in [0.15, 0.2) is 24.3 Å². The Morgan fingerprint density at radius 1 is 1.16 bits per heavy atom. The van der Waals surface area contributed by atoms with E-state index in [9.17, 15) is 4.79 Å². The molecule has 0 radical (unpaired) electrons. The third-order valence-electron chi connectivity index (χ3n) is 3.27. The van der Waals surface area contributed by atoms with Gasteiger partial charge in [0.2, 0.25) is 0 Å². The van der Waals surface area contributed by atoms with Crippen molar-refractivity contribution >= 4 is 17.4 Å². The minimum absolute atomic E-state index is 0.0582. The SMILES string of the molecule is NCCN1CCN(C(=O)Nc2ccc(N)cc2)CC1. The number of carbonyl (C=O) groups excluding carboxylic acids is 1. The maximum Gasteiger partial charge on any atom is 0.321 e. The van der Waals surface area contributed by atoms with Crippen LogP contribution >= 0.6 is 0 Å². The molecule has 1 aliphatic rings. The standard InChI is InChI=1S/C13H21N5O/c14-5-6-17-7-9-18(10-8-17)13(19)16-12-3-1-11(15)2-4-12/h1-4H,5-10,14-15H2,(H,16,19). The lowest BCUT2D eigenvalue weighted by Gasteiger charge is -2.34. The number of hydrogen-bond acceptors (Lipinski definition) is 4. The summed E-state index contributed by atoms with van der Waals surface area (Å²) in [5.41, 5.74) is 12.6. The number of anilines is 2. The van der Waals surface area contributed by atoms with Crippen LogP contribution in [0.4, 0.5) is 16.2 Å². The van der Waals surface area contributed by atoms with E-state index in [4.69, 9.17) is 11.5 Å².